The molecule has 6 atom stereocenters. The number of alkyl halides is 1. The van der Waals surface area contributed by atoms with Gasteiger partial charge in [-0.25, -0.2) is 4.39 Å². The molecule has 0 bridgehead atoms. The number of hydrogen-bond acceptors (Lipinski definition) is 4. The standard InChI is InChI=1S/C25H36FN3O2/c1-16-10-11-21(26)25(18-7-3-2-4-8-18)15-20(29-22(16)25)23(30)28-19-9-5-6-17(14-19)24-27-12-13-31-24/h5-6,9,14,16,18,20-22,24,27,29H,2-4,7-8,10-13,15H2,1H3,(H,28,30). The van der Waals surface area contributed by atoms with Crippen molar-refractivity contribution in [3.63, 3.8) is 0 Å². The molecule has 2 heterocycles. The topological polar surface area (TPSA) is 62.4 Å². The van der Waals surface area contributed by atoms with Crippen LogP contribution < -0.4 is 16.0 Å². The average Bonchev–Trinajstić information content (AvgIpc) is 3.47. The third-order valence-electron chi connectivity index (χ3n) is 8.40. The van der Waals surface area contributed by atoms with E-state index in [1.165, 1.54) is 19.3 Å². The zero-order valence-corrected chi connectivity index (χ0v) is 18.5. The molecule has 170 valence electrons. The fourth-order valence-corrected chi connectivity index (χ4v) is 6.91. The van der Waals surface area contributed by atoms with Gasteiger partial charge < -0.3 is 15.4 Å². The molecule has 2 saturated heterocycles. The Morgan fingerprint density at radius 3 is 2.81 bits per heavy atom. The zero-order valence-electron chi connectivity index (χ0n) is 18.5. The van der Waals surface area contributed by atoms with Crippen LogP contribution in [0.4, 0.5) is 10.1 Å². The first-order chi connectivity index (χ1) is 15.1. The monoisotopic (exact) mass is 429 g/mol. The van der Waals surface area contributed by atoms with Crippen LogP contribution in [0.3, 0.4) is 0 Å². The van der Waals surface area contributed by atoms with E-state index in [0.29, 0.717) is 31.3 Å². The maximum atomic E-state index is 15.6. The van der Waals surface area contributed by atoms with Crippen molar-refractivity contribution in [2.24, 2.45) is 17.3 Å². The third-order valence-corrected chi connectivity index (χ3v) is 8.40. The molecule has 1 aromatic rings. The number of carbonyl (C=O) groups excluding carboxylic acids is 1. The van der Waals surface area contributed by atoms with Gasteiger partial charge >= 0.3 is 0 Å². The highest BCUT2D eigenvalue weighted by Gasteiger charge is 2.60. The van der Waals surface area contributed by atoms with E-state index in [1.807, 2.05) is 24.3 Å². The van der Waals surface area contributed by atoms with Gasteiger partial charge in [-0.15, -0.1) is 0 Å². The van der Waals surface area contributed by atoms with Crippen molar-refractivity contribution in [1.82, 2.24) is 10.6 Å². The minimum atomic E-state index is -0.809. The maximum Gasteiger partial charge on any atom is 0.241 e. The van der Waals surface area contributed by atoms with Gasteiger partial charge in [0.1, 0.15) is 12.4 Å². The van der Waals surface area contributed by atoms with E-state index < -0.39 is 6.17 Å². The summed E-state index contributed by atoms with van der Waals surface area (Å²) in [6, 6.07) is 7.59. The van der Waals surface area contributed by atoms with E-state index in [0.717, 1.165) is 37.1 Å². The number of fused-ring (bicyclic) bond motifs is 1. The number of rotatable bonds is 4. The van der Waals surface area contributed by atoms with Crippen molar-refractivity contribution in [2.75, 3.05) is 18.5 Å². The normalized spacial score (nSPS) is 38.7. The Morgan fingerprint density at radius 1 is 1.19 bits per heavy atom. The predicted molar refractivity (Wildman–Crippen MR) is 119 cm³/mol. The van der Waals surface area contributed by atoms with E-state index in [1.54, 1.807) is 0 Å². The number of nitrogens with one attached hydrogen (secondary N) is 3. The van der Waals surface area contributed by atoms with Crippen molar-refractivity contribution in [1.29, 1.82) is 0 Å². The van der Waals surface area contributed by atoms with Gasteiger partial charge in [0, 0.05) is 23.7 Å². The number of benzene rings is 1. The zero-order chi connectivity index (χ0) is 21.4. The minimum absolute atomic E-state index is 0.0403. The van der Waals surface area contributed by atoms with Crippen LogP contribution in [0.25, 0.3) is 0 Å². The molecule has 5 nitrogen and oxygen atoms in total. The number of halogens is 1. The summed E-state index contributed by atoms with van der Waals surface area (Å²) in [5.74, 6) is 0.755. The number of ether oxygens (including phenoxy) is 1. The van der Waals surface area contributed by atoms with Gasteiger partial charge in [-0.2, -0.15) is 0 Å². The van der Waals surface area contributed by atoms with Crippen molar-refractivity contribution in [3.05, 3.63) is 29.8 Å². The number of anilines is 1. The van der Waals surface area contributed by atoms with Gasteiger partial charge in [0.15, 0.2) is 0 Å². The molecule has 2 saturated carbocycles. The van der Waals surface area contributed by atoms with Crippen LogP contribution in [0.2, 0.25) is 0 Å². The fourth-order valence-electron chi connectivity index (χ4n) is 6.91. The second-order valence-electron chi connectivity index (χ2n) is 10.2. The van der Waals surface area contributed by atoms with Crippen LogP contribution in [0, 0.1) is 17.3 Å². The molecule has 6 unspecified atom stereocenters. The molecule has 1 aromatic carbocycles. The third kappa shape index (κ3) is 3.91. The Labute approximate surface area is 184 Å². The van der Waals surface area contributed by atoms with E-state index in [4.69, 9.17) is 4.74 Å². The summed E-state index contributed by atoms with van der Waals surface area (Å²) in [6.07, 6.45) is 7.10. The number of hydrogen-bond donors (Lipinski definition) is 3. The van der Waals surface area contributed by atoms with Crippen molar-refractivity contribution in [3.8, 4) is 0 Å². The summed E-state index contributed by atoms with van der Waals surface area (Å²) in [4.78, 5) is 13.3. The first-order valence-electron chi connectivity index (χ1n) is 12.2. The molecule has 3 N–H and O–H groups in total. The summed E-state index contributed by atoms with van der Waals surface area (Å²) in [5, 5.41) is 10.0. The van der Waals surface area contributed by atoms with Crippen LogP contribution in [-0.2, 0) is 9.53 Å². The summed E-state index contributed by atoms with van der Waals surface area (Å²) < 4.78 is 21.3. The molecular formula is C25H36FN3O2. The highest BCUT2D eigenvalue weighted by molar-refractivity contribution is 5.95. The van der Waals surface area contributed by atoms with Gasteiger partial charge in [0.2, 0.25) is 5.91 Å². The first kappa shape index (κ1) is 21.4. The van der Waals surface area contributed by atoms with Gasteiger partial charge in [0.05, 0.1) is 12.6 Å². The molecule has 2 aliphatic carbocycles. The molecule has 5 rings (SSSR count). The Balaban J connectivity index is 1.34. The smallest absolute Gasteiger partial charge is 0.241 e. The molecule has 0 spiro atoms. The van der Waals surface area contributed by atoms with Crippen molar-refractivity contribution in [2.45, 2.75) is 82.8 Å². The Kier molecular flexibility index (Phi) is 6.06. The van der Waals surface area contributed by atoms with Crippen LogP contribution in [0.15, 0.2) is 24.3 Å². The summed E-state index contributed by atoms with van der Waals surface area (Å²) in [7, 11) is 0. The molecule has 6 heteroatoms. The molecule has 0 radical (unpaired) electrons. The summed E-state index contributed by atoms with van der Waals surface area (Å²) >= 11 is 0. The van der Waals surface area contributed by atoms with Gasteiger partial charge in [-0.1, -0.05) is 38.3 Å². The molecule has 2 aliphatic heterocycles. The van der Waals surface area contributed by atoms with E-state index >= 15 is 4.39 Å². The maximum absolute atomic E-state index is 15.6. The first-order valence-corrected chi connectivity index (χ1v) is 12.2. The van der Waals surface area contributed by atoms with Gasteiger partial charge in [-0.3, -0.25) is 10.1 Å². The quantitative estimate of drug-likeness (QED) is 0.668. The fraction of sp³-hybridized carbons (Fsp3) is 0.720. The van der Waals surface area contributed by atoms with Crippen molar-refractivity contribution >= 4 is 11.6 Å². The molecule has 4 aliphatic rings. The van der Waals surface area contributed by atoms with Crippen LogP contribution in [0.1, 0.15) is 70.1 Å². The molecule has 4 fully saturated rings. The molecule has 1 amide bonds. The number of carbonyl (C=O) groups is 1. The van der Waals surface area contributed by atoms with E-state index in [-0.39, 0.29) is 29.6 Å². The highest BCUT2D eigenvalue weighted by atomic mass is 19.1. The highest BCUT2D eigenvalue weighted by Crippen LogP contribution is 2.56. The lowest BCUT2D eigenvalue weighted by atomic mass is 9.56. The second kappa shape index (κ2) is 8.80. The van der Waals surface area contributed by atoms with Gasteiger partial charge in [0.25, 0.3) is 0 Å². The largest absolute Gasteiger partial charge is 0.358 e. The lowest BCUT2D eigenvalue weighted by Crippen LogP contribution is -2.55. The van der Waals surface area contributed by atoms with Crippen molar-refractivity contribution < 1.29 is 13.9 Å². The van der Waals surface area contributed by atoms with Crippen LogP contribution >= 0.6 is 0 Å². The Hall–Kier alpha value is -1.50. The summed E-state index contributed by atoms with van der Waals surface area (Å²) in [6.45, 7) is 3.76. The van der Waals surface area contributed by atoms with Crippen LogP contribution in [0.5, 0.6) is 0 Å². The SMILES string of the molecule is CC1CCC(F)C2(C3CCCCC3)CC(C(=O)Nc3cccc(C4NCCO4)c3)NC12. The lowest BCUT2D eigenvalue weighted by Gasteiger charge is -2.51. The second-order valence-corrected chi connectivity index (χ2v) is 10.2. The molecular weight excluding hydrogens is 393 g/mol. The number of amides is 1. The lowest BCUT2D eigenvalue weighted by molar-refractivity contribution is -0.118. The van der Waals surface area contributed by atoms with Gasteiger partial charge in [-0.05, 0) is 61.6 Å². The van der Waals surface area contributed by atoms with E-state index in [2.05, 4.69) is 22.9 Å². The van der Waals surface area contributed by atoms with Crippen LogP contribution in [-0.4, -0.2) is 37.3 Å². The Bertz CT molecular complexity index is 793. The average molecular weight is 430 g/mol. The summed E-state index contributed by atoms with van der Waals surface area (Å²) in [5.41, 5.74) is 1.40. The minimum Gasteiger partial charge on any atom is -0.358 e. The van der Waals surface area contributed by atoms with E-state index in [9.17, 15) is 4.79 Å². The Morgan fingerprint density at radius 2 is 2.03 bits per heavy atom. The molecule has 0 aromatic heterocycles. The predicted octanol–water partition coefficient (Wildman–Crippen LogP) is 4.31. The molecule has 31 heavy (non-hydrogen) atoms.